The summed E-state index contributed by atoms with van der Waals surface area (Å²) in [5.74, 6) is 1.54. The van der Waals surface area contributed by atoms with Crippen LogP contribution in [0.1, 0.15) is 18.9 Å². The molecule has 1 aromatic heterocycles. The molecule has 1 heterocycles. The number of methoxy groups -OCH3 is 1. The van der Waals surface area contributed by atoms with Crippen LogP contribution in [-0.2, 0) is 0 Å². The molecule has 2 rings (SSSR count). The summed E-state index contributed by atoms with van der Waals surface area (Å²) in [4.78, 5) is 9.96. The van der Waals surface area contributed by atoms with Gasteiger partial charge in [-0.25, -0.2) is 9.97 Å². The molecule has 0 aliphatic carbocycles. The Kier molecular flexibility index (Phi) is 5.24. The van der Waals surface area contributed by atoms with Crippen LogP contribution >= 0.6 is 11.8 Å². The second-order valence-electron chi connectivity index (χ2n) is 4.39. The maximum Gasteiger partial charge on any atom is 0.223 e. The second-order valence-corrected chi connectivity index (χ2v) is 5.45. The minimum Gasteiger partial charge on any atom is -0.497 e. The monoisotopic (exact) mass is 289 g/mol. The molecule has 0 saturated carbocycles. The molecule has 0 radical (unpaired) electrons. The minimum atomic E-state index is 0.683. The van der Waals surface area contributed by atoms with Crippen LogP contribution in [0.4, 0.5) is 5.95 Å². The molecule has 0 fully saturated rings. The first-order valence-corrected chi connectivity index (χ1v) is 7.44. The van der Waals surface area contributed by atoms with E-state index >= 15 is 0 Å². The van der Waals surface area contributed by atoms with Gasteiger partial charge >= 0.3 is 0 Å². The average Bonchev–Trinajstić information content (AvgIpc) is 2.48. The quantitative estimate of drug-likeness (QED) is 0.820. The van der Waals surface area contributed by atoms with E-state index in [1.807, 2.05) is 37.4 Å². The van der Waals surface area contributed by atoms with Crippen LogP contribution in [0.25, 0.3) is 0 Å². The van der Waals surface area contributed by atoms with Crippen molar-refractivity contribution in [1.82, 2.24) is 9.97 Å². The van der Waals surface area contributed by atoms with E-state index in [2.05, 4.69) is 22.2 Å². The number of anilines is 1. The molecule has 0 aliphatic heterocycles. The van der Waals surface area contributed by atoms with Crippen LogP contribution in [0.5, 0.6) is 5.75 Å². The van der Waals surface area contributed by atoms with Gasteiger partial charge in [0.25, 0.3) is 0 Å². The highest BCUT2D eigenvalue weighted by Gasteiger charge is 2.06. The predicted octanol–water partition coefficient (Wildman–Crippen LogP) is 3.77. The Labute approximate surface area is 124 Å². The molecule has 0 bridgehead atoms. The van der Waals surface area contributed by atoms with Gasteiger partial charge in [0, 0.05) is 23.2 Å². The predicted molar refractivity (Wildman–Crippen MR) is 82.7 cm³/mol. The fourth-order valence-electron chi connectivity index (χ4n) is 1.63. The normalized spacial score (nSPS) is 10.3. The van der Waals surface area contributed by atoms with Gasteiger partial charge in [0.15, 0.2) is 0 Å². The maximum atomic E-state index is 5.24. The standard InChI is InChI=1S/C15H19N3OS/c1-4-8-16-15-17-10-11(2)14(18-15)20-13-7-5-6-12(9-13)19-3/h5-7,9-10H,4,8H2,1-3H3,(H,16,17,18). The molecular weight excluding hydrogens is 270 g/mol. The lowest BCUT2D eigenvalue weighted by Gasteiger charge is -2.08. The second kappa shape index (κ2) is 7.14. The van der Waals surface area contributed by atoms with Crippen molar-refractivity contribution >= 4 is 17.7 Å². The smallest absolute Gasteiger partial charge is 0.223 e. The summed E-state index contributed by atoms with van der Waals surface area (Å²) in [6.07, 6.45) is 2.91. The zero-order valence-electron chi connectivity index (χ0n) is 12.0. The number of nitrogens with zero attached hydrogens (tertiary/aromatic N) is 2. The van der Waals surface area contributed by atoms with Crippen LogP contribution in [0.3, 0.4) is 0 Å². The first kappa shape index (κ1) is 14.7. The SMILES string of the molecule is CCCNc1ncc(C)c(Sc2cccc(OC)c2)n1. The minimum absolute atomic E-state index is 0.683. The van der Waals surface area contributed by atoms with Crippen molar-refractivity contribution in [3.63, 3.8) is 0 Å². The topological polar surface area (TPSA) is 47.0 Å². The summed E-state index contributed by atoms with van der Waals surface area (Å²) in [5.41, 5.74) is 1.07. The lowest BCUT2D eigenvalue weighted by molar-refractivity contribution is 0.413. The summed E-state index contributed by atoms with van der Waals surface area (Å²) in [5, 5.41) is 4.17. The van der Waals surface area contributed by atoms with Crippen molar-refractivity contribution in [1.29, 1.82) is 0 Å². The first-order chi connectivity index (χ1) is 9.72. The van der Waals surface area contributed by atoms with Gasteiger partial charge < -0.3 is 10.1 Å². The lowest BCUT2D eigenvalue weighted by Crippen LogP contribution is -2.05. The largest absolute Gasteiger partial charge is 0.497 e. The number of hydrogen-bond donors (Lipinski definition) is 1. The van der Waals surface area contributed by atoms with Gasteiger partial charge in [-0.3, -0.25) is 0 Å². The van der Waals surface area contributed by atoms with Crippen LogP contribution in [0.15, 0.2) is 40.4 Å². The fourth-order valence-corrected chi connectivity index (χ4v) is 2.52. The molecule has 0 aliphatic rings. The third-order valence-electron chi connectivity index (χ3n) is 2.71. The van der Waals surface area contributed by atoms with Crippen LogP contribution in [-0.4, -0.2) is 23.6 Å². The molecule has 1 aromatic carbocycles. The zero-order chi connectivity index (χ0) is 14.4. The van der Waals surface area contributed by atoms with Crippen molar-refractivity contribution in [3.8, 4) is 5.75 Å². The summed E-state index contributed by atoms with van der Waals surface area (Å²) in [6, 6.07) is 7.97. The summed E-state index contributed by atoms with van der Waals surface area (Å²) in [7, 11) is 1.67. The lowest BCUT2D eigenvalue weighted by atomic mass is 10.3. The molecule has 0 unspecified atom stereocenters. The van der Waals surface area contributed by atoms with E-state index in [1.165, 1.54) is 0 Å². The van der Waals surface area contributed by atoms with E-state index in [-0.39, 0.29) is 0 Å². The van der Waals surface area contributed by atoms with Crippen molar-refractivity contribution in [2.75, 3.05) is 19.0 Å². The van der Waals surface area contributed by atoms with Gasteiger partial charge in [-0.1, -0.05) is 24.8 Å². The van der Waals surface area contributed by atoms with Crippen LogP contribution < -0.4 is 10.1 Å². The molecule has 2 aromatic rings. The van der Waals surface area contributed by atoms with E-state index in [1.54, 1.807) is 18.9 Å². The van der Waals surface area contributed by atoms with Crippen molar-refractivity contribution in [3.05, 3.63) is 36.0 Å². The fraction of sp³-hybridized carbons (Fsp3) is 0.333. The molecule has 5 heteroatoms. The Morgan fingerprint density at radius 2 is 2.20 bits per heavy atom. The number of ether oxygens (including phenoxy) is 1. The maximum absolute atomic E-state index is 5.24. The van der Waals surface area contributed by atoms with E-state index in [9.17, 15) is 0 Å². The Bertz CT molecular complexity index is 575. The van der Waals surface area contributed by atoms with Gasteiger partial charge in [0.2, 0.25) is 5.95 Å². The molecule has 106 valence electrons. The third kappa shape index (κ3) is 3.87. The Balaban J connectivity index is 2.18. The summed E-state index contributed by atoms with van der Waals surface area (Å²) < 4.78 is 5.24. The number of aromatic nitrogens is 2. The van der Waals surface area contributed by atoms with Crippen molar-refractivity contribution < 1.29 is 4.74 Å². The number of benzene rings is 1. The summed E-state index contributed by atoms with van der Waals surface area (Å²) in [6.45, 7) is 5.02. The number of nitrogens with one attached hydrogen (secondary N) is 1. The number of aryl methyl sites for hydroxylation is 1. The Hall–Kier alpha value is -1.75. The van der Waals surface area contributed by atoms with E-state index < -0.39 is 0 Å². The molecule has 0 atom stereocenters. The highest BCUT2D eigenvalue weighted by Crippen LogP contribution is 2.30. The Morgan fingerprint density at radius 3 is 2.95 bits per heavy atom. The van der Waals surface area contributed by atoms with Gasteiger partial charge in [-0.05, 0) is 31.5 Å². The average molecular weight is 289 g/mol. The van der Waals surface area contributed by atoms with Crippen LogP contribution in [0, 0.1) is 6.92 Å². The van der Waals surface area contributed by atoms with E-state index in [0.717, 1.165) is 34.2 Å². The highest BCUT2D eigenvalue weighted by molar-refractivity contribution is 7.99. The van der Waals surface area contributed by atoms with Crippen molar-refractivity contribution in [2.24, 2.45) is 0 Å². The highest BCUT2D eigenvalue weighted by atomic mass is 32.2. The van der Waals surface area contributed by atoms with Crippen LogP contribution in [0.2, 0.25) is 0 Å². The molecule has 0 amide bonds. The van der Waals surface area contributed by atoms with E-state index in [0.29, 0.717) is 5.95 Å². The molecule has 20 heavy (non-hydrogen) atoms. The first-order valence-electron chi connectivity index (χ1n) is 6.62. The molecule has 0 saturated heterocycles. The molecule has 0 spiro atoms. The van der Waals surface area contributed by atoms with Gasteiger partial charge in [-0.2, -0.15) is 0 Å². The molecular formula is C15H19N3OS. The zero-order valence-corrected chi connectivity index (χ0v) is 12.8. The summed E-state index contributed by atoms with van der Waals surface area (Å²) >= 11 is 1.62. The van der Waals surface area contributed by atoms with Gasteiger partial charge in [0.05, 0.1) is 7.11 Å². The van der Waals surface area contributed by atoms with Crippen molar-refractivity contribution in [2.45, 2.75) is 30.2 Å². The van der Waals surface area contributed by atoms with Gasteiger partial charge in [-0.15, -0.1) is 0 Å². The van der Waals surface area contributed by atoms with Gasteiger partial charge in [0.1, 0.15) is 10.8 Å². The number of hydrogen-bond acceptors (Lipinski definition) is 5. The molecule has 4 nitrogen and oxygen atoms in total. The van der Waals surface area contributed by atoms with E-state index in [4.69, 9.17) is 4.74 Å². The molecule has 1 N–H and O–H groups in total. The Morgan fingerprint density at radius 1 is 1.35 bits per heavy atom. The number of rotatable bonds is 6. The third-order valence-corrected chi connectivity index (χ3v) is 3.81.